The molecule has 0 aliphatic heterocycles. The van der Waals surface area contributed by atoms with Gasteiger partial charge in [-0.25, -0.2) is 0 Å². The zero-order valence-electron chi connectivity index (χ0n) is 13.0. The molecule has 0 N–H and O–H groups in total. The lowest BCUT2D eigenvalue weighted by atomic mass is 9.92. The minimum atomic E-state index is -7.86. The molecule has 0 spiro atoms. The third-order valence-electron chi connectivity index (χ3n) is 3.87. The average molecular weight is 426 g/mol. The standard InChI is InChI=1S/C14H11F13/c15-9(16,7-6-8-4-2-1-3-5-8)10(17,18)11(19,20)12(21,22)13(23,24)14(25,26)27/h7H,1-5H2. The molecule has 0 radical (unpaired) electrons. The highest BCUT2D eigenvalue weighted by Crippen LogP contribution is 2.60. The van der Waals surface area contributed by atoms with Gasteiger partial charge in [0.05, 0.1) is 0 Å². The Hall–Kier alpha value is -1.39. The summed E-state index contributed by atoms with van der Waals surface area (Å²) >= 11 is 0. The van der Waals surface area contributed by atoms with E-state index in [4.69, 9.17) is 0 Å². The average Bonchev–Trinajstić information content (AvgIpc) is 2.52. The van der Waals surface area contributed by atoms with Crippen molar-refractivity contribution in [2.75, 3.05) is 0 Å². The van der Waals surface area contributed by atoms with Gasteiger partial charge in [-0.2, -0.15) is 57.1 Å². The van der Waals surface area contributed by atoms with E-state index in [1.54, 1.807) is 0 Å². The van der Waals surface area contributed by atoms with Gasteiger partial charge in [0.15, 0.2) is 0 Å². The fraction of sp³-hybridized carbons (Fsp3) is 0.786. The molecule has 0 nitrogen and oxygen atoms in total. The zero-order valence-corrected chi connectivity index (χ0v) is 13.0. The van der Waals surface area contributed by atoms with Crippen LogP contribution < -0.4 is 0 Å². The van der Waals surface area contributed by atoms with Crippen LogP contribution in [0, 0.1) is 0 Å². The molecule has 13 heteroatoms. The number of hydrogen-bond acceptors (Lipinski definition) is 0. The maximum atomic E-state index is 13.4. The summed E-state index contributed by atoms with van der Waals surface area (Å²) in [5.74, 6) is -36.8. The fourth-order valence-corrected chi connectivity index (χ4v) is 2.19. The quantitative estimate of drug-likeness (QED) is 0.336. The molecule has 0 aromatic heterocycles. The molecule has 27 heavy (non-hydrogen) atoms. The normalized spacial score (nSPS) is 18.3. The van der Waals surface area contributed by atoms with E-state index in [9.17, 15) is 57.1 Å². The van der Waals surface area contributed by atoms with Crippen LogP contribution in [0.2, 0.25) is 0 Å². The Balaban J connectivity index is 3.39. The number of allylic oxidation sites excluding steroid dienone is 1. The van der Waals surface area contributed by atoms with E-state index in [2.05, 4.69) is 0 Å². The molecule has 0 aromatic carbocycles. The topological polar surface area (TPSA) is 0 Å². The lowest BCUT2D eigenvalue weighted by Gasteiger charge is -2.38. The highest BCUT2D eigenvalue weighted by molar-refractivity contribution is 5.16. The van der Waals surface area contributed by atoms with Gasteiger partial charge in [0.1, 0.15) is 0 Å². The molecule has 0 atom stereocenters. The Morgan fingerprint density at radius 2 is 0.963 bits per heavy atom. The van der Waals surface area contributed by atoms with Crippen LogP contribution in [-0.4, -0.2) is 35.8 Å². The van der Waals surface area contributed by atoms with Crippen molar-refractivity contribution >= 4 is 0 Å². The second-order valence-electron chi connectivity index (χ2n) is 5.87. The van der Waals surface area contributed by atoms with Crippen molar-refractivity contribution in [1.82, 2.24) is 0 Å². The minimum Gasteiger partial charge on any atom is -0.194 e. The second kappa shape index (κ2) is 6.89. The van der Waals surface area contributed by atoms with Gasteiger partial charge in [-0.15, -0.1) is 5.73 Å². The summed E-state index contributed by atoms with van der Waals surface area (Å²) < 4.78 is 167. The van der Waals surface area contributed by atoms with Crippen molar-refractivity contribution in [3.8, 4) is 0 Å². The number of hydrogen-bond donors (Lipinski definition) is 0. The molecular formula is C14H11F13. The predicted molar refractivity (Wildman–Crippen MR) is 65.5 cm³/mol. The number of rotatable bonds is 5. The van der Waals surface area contributed by atoms with Crippen LogP contribution in [0.25, 0.3) is 0 Å². The lowest BCUT2D eigenvalue weighted by molar-refractivity contribution is -0.436. The van der Waals surface area contributed by atoms with Gasteiger partial charge in [0, 0.05) is 6.08 Å². The van der Waals surface area contributed by atoms with Crippen molar-refractivity contribution in [3.63, 3.8) is 0 Å². The smallest absolute Gasteiger partial charge is 0.194 e. The maximum absolute atomic E-state index is 13.4. The zero-order chi connectivity index (χ0) is 21.5. The van der Waals surface area contributed by atoms with Crippen LogP contribution in [0.5, 0.6) is 0 Å². The first-order valence-electron chi connectivity index (χ1n) is 7.24. The van der Waals surface area contributed by atoms with Crippen LogP contribution in [0.15, 0.2) is 17.4 Å². The summed E-state index contributed by atoms with van der Waals surface area (Å²) in [7, 11) is 0. The first kappa shape index (κ1) is 23.6. The summed E-state index contributed by atoms with van der Waals surface area (Å²) in [5.41, 5.74) is 1.50. The molecule has 158 valence electrons. The molecule has 0 saturated heterocycles. The fourth-order valence-electron chi connectivity index (χ4n) is 2.19. The van der Waals surface area contributed by atoms with Crippen LogP contribution in [0.1, 0.15) is 32.1 Å². The van der Waals surface area contributed by atoms with Crippen molar-refractivity contribution in [2.45, 2.75) is 67.9 Å². The summed E-state index contributed by atoms with van der Waals surface area (Å²) in [6, 6.07) is 0. The van der Waals surface area contributed by atoms with Gasteiger partial charge >= 0.3 is 35.8 Å². The van der Waals surface area contributed by atoms with E-state index in [1.165, 1.54) is 5.73 Å². The summed E-state index contributed by atoms with van der Waals surface area (Å²) in [4.78, 5) is 0. The molecule has 0 aromatic rings. The molecule has 0 amide bonds. The highest BCUT2D eigenvalue weighted by Gasteiger charge is 2.90. The molecule has 1 rings (SSSR count). The van der Waals surface area contributed by atoms with E-state index in [0.29, 0.717) is 19.3 Å². The Morgan fingerprint density at radius 1 is 0.556 bits per heavy atom. The highest BCUT2D eigenvalue weighted by atomic mass is 19.4. The second-order valence-corrected chi connectivity index (χ2v) is 5.87. The van der Waals surface area contributed by atoms with Gasteiger partial charge in [-0.1, -0.05) is 6.42 Å². The van der Waals surface area contributed by atoms with Gasteiger partial charge < -0.3 is 0 Å². The lowest BCUT2D eigenvalue weighted by Crippen LogP contribution is -2.69. The molecule has 1 fully saturated rings. The minimum absolute atomic E-state index is 0.0348. The molecular weight excluding hydrogens is 415 g/mol. The Morgan fingerprint density at radius 3 is 1.37 bits per heavy atom. The summed E-state index contributed by atoms with van der Waals surface area (Å²) in [5, 5.41) is 0. The third-order valence-corrected chi connectivity index (χ3v) is 3.87. The first-order chi connectivity index (χ1) is 11.8. The number of halogens is 13. The summed E-state index contributed by atoms with van der Waals surface area (Å²) in [6.45, 7) is 0. The van der Waals surface area contributed by atoms with Gasteiger partial charge in [-0.3, -0.25) is 0 Å². The van der Waals surface area contributed by atoms with Gasteiger partial charge in [-0.05, 0) is 31.3 Å². The van der Waals surface area contributed by atoms with E-state index >= 15 is 0 Å². The third kappa shape index (κ3) is 3.79. The molecule has 1 aliphatic rings. The largest absolute Gasteiger partial charge is 0.460 e. The number of alkyl halides is 13. The van der Waals surface area contributed by atoms with Crippen molar-refractivity contribution in [1.29, 1.82) is 0 Å². The maximum Gasteiger partial charge on any atom is 0.460 e. The van der Waals surface area contributed by atoms with Crippen LogP contribution in [0.3, 0.4) is 0 Å². The molecule has 1 saturated carbocycles. The van der Waals surface area contributed by atoms with Crippen molar-refractivity contribution in [3.05, 3.63) is 17.4 Å². The molecule has 1 aliphatic carbocycles. The Kier molecular flexibility index (Phi) is 6.04. The van der Waals surface area contributed by atoms with E-state index in [1.807, 2.05) is 0 Å². The first-order valence-corrected chi connectivity index (χ1v) is 7.24. The summed E-state index contributed by atoms with van der Waals surface area (Å²) in [6.07, 6.45) is -6.79. The van der Waals surface area contributed by atoms with Crippen LogP contribution >= 0.6 is 0 Å². The molecule has 0 bridgehead atoms. The van der Waals surface area contributed by atoms with Crippen molar-refractivity contribution < 1.29 is 57.1 Å². The van der Waals surface area contributed by atoms with E-state index in [-0.39, 0.29) is 18.4 Å². The Labute approximate surface area is 143 Å². The van der Waals surface area contributed by atoms with Crippen molar-refractivity contribution in [2.24, 2.45) is 0 Å². The van der Waals surface area contributed by atoms with E-state index in [0.717, 1.165) is 0 Å². The van der Waals surface area contributed by atoms with Crippen LogP contribution in [-0.2, 0) is 0 Å². The Bertz CT molecular complexity index is 597. The van der Waals surface area contributed by atoms with Gasteiger partial charge in [0.25, 0.3) is 0 Å². The monoisotopic (exact) mass is 426 g/mol. The molecule has 0 heterocycles. The van der Waals surface area contributed by atoms with E-state index < -0.39 is 41.9 Å². The SMILES string of the molecule is FC(F)(F)C(F)(F)C(F)(F)C(F)(F)C(F)(F)C(F)(F)C=C=C1CCCCC1. The van der Waals surface area contributed by atoms with Gasteiger partial charge in [0.2, 0.25) is 0 Å². The predicted octanol–water partition coefficient (Wildman–Crippen LogP) is 6.77. The van der Waals surface area contributed by atoms with Crippen LogP contribution in [0.4, 0.5) is 57.1 Å². The molecule has 0 unspecified atom stereocenters.